The van der Waals surface area contributed by atoms with Gasteiger partial charge in [0.1, 0.15) is 0 Å². The smallest absolute Gasteiger partial charge is 0.0719 e. The minimum Gasteiger partial charge on any atom is -0.373 e. The molecule has 0 aromatic rings. The summed E-state index contributed by atoms with van der Waals surface area (Å²) in [4.78, 5) is 2.45. The van der Waals surface area contributed by atoms with Crippen LogP contribution in [-0.2, 0) is 4.74 Å². The number of ether oxygens (including phenoxy) is 1. The summed E-state index contributed by atoms with van der Waals surface area (Å²) in [7, 11) is 0. The van der Waals surface area contributed by atoms with Crippen molar-refractivity contribution >= 4 is 0 Å². The van der Waals surface area contributed by atoms with Gasteiger partial charge in [-0.3, -0.25) is 4.90 Å². The standard InChI is InChI=1S/C13H21N3O/c1-2-7-17-12-5-6-16(10-12)13-4-3-11(8-14)9-15-13/h2,11-13,15H,1,3-7,9-10H2/t11?,12-,13?/m1/s1. The maximum atomic E-state index is 8.85. The molecule has 2 rings (SSSR count). The minimum absolute atomic E-state index is 0.196. The van der Waals surface area contributed by atoms with Crippen molar-refractivity contribution in [2.45, 2.75) is 31.5 Å². The minimum atomic E-state index is 0.196. The molecule has 0 aromatic heterocycles. The summed E-state index contributed by atoms with van der Waals surface area (Å²) in [5, 5.41) is 12.3. The van der Waals surface area contributed by atoms with Gasteiger partial charge in [-0.25, -0.2) is 0 Å². The van der Waals surface area contributed by atoms with Crippen molar-refractivity contribution in [3.05, 3.63) is 12.7 Å². The van der Waals surface area contributed by atoms with E-state index >= 15 is 0 Å². The van der Waals surface area contributed by atoms with Gasteiger partial charge in [-0.1, -0.05) is 6.08 Å². The third-order valence-corrected chi connectivity index (χ3v) is 3.64. The molecule has 4 nitrogen and oxygen atoms in total. The second-order valence-electron chi connectivity index (χ2n) is 4.86. The Bertz CT molecular complexity index is 292. The van der Waals surface area contributed by atoms with E-state index in [0.717, 1.165) is 38.9 Å². The molecule has 0 radical (unpaired) electrons. The van der Waals surface area contributed by atoms with Crippen molar-refractivity contribution in [1.82, 2.24) is 10.2 Å². The Labute approximate surface area is 103 Å². The van der Waals surface area contributed by atoms with Crippen LogP contribution < -0.4 is 5.32 Å². The van der Waals surface area contributed by atoms with Crippen LogP contribution in [-0.4, -0.2) is 43.4 Å². The highest BCUT2D eigenvalue weighted by molar-refractivity contribution is 4.92. The van der Waals surface area contributed by atoms with Crippen LogP contribution in [0.15, 0.2) is 12.7 Å². The number of nitriles is 1. The van der Waals surface area contributed by atoms with Gasteiger partial charge in [-0.2, -0.15) is 5.26 Å². The average Bonchev–Trinajstić information content (AvgIpc) is 2.85. The Kier molecular flexibility index (Phi) is 4.55. The molecule has 2 fully saturated rings. The van der Waals surface area contributed by atoms with Crippen molar-refractivity contribution < 1.29 is 4.74 Å². The largest absolute Gasteiger partial charge is 0.373 e. The van der Waals surface area contributed by atoms with Gasteiger partial charge in [0, 0.05) is 19.6 Å². The van der Waals surface area contributed by atoms with E-state index in [2.05, 4.69) is 22.9 Å². The zero-order chi connectivity index (χ0) is 12.1. The third kappa shape index (κ3) is 3.29. The van der Waals surface area contributed by atoms with Crippen LogP contribution in [0.3, 0.4) is 0 Å². The van der Waals surface area contributed by atoms with Crippen molar-refractivity contribution in [2.75, 3.05) is 26.2 Å². The van der Waals surface area contributed by atoms with Crippen LogP contribution in [0.4, 0.5) is 0 Å². The van der Waals surface area contributed by atoms with E-state index in [-0.39, 0.29) is 5.92 Å². The molecule has 0 bridgehead atoms. The van der Waals surface area contributed by atoms with Gasteiger partial charge >= 0.3 is 0 Å². The summed E-state index contributed by atoms with van der Waals surface area (Å²) in [5.74, 6) is 0.196. The van der Waals surface area contributed by atoms with Crippen molar-refractivity contribution in [2.24, 2.45) is 5.92 Å². The molecule has 2 saturated heterocycles. The molecule has 0 aliphatic carbocycles. The number of piperidine rings is 1. The normalized spacial score (nSPS) is 34.4. The van der Waals surface area contributed by atoms with Crippen LogP contribution >= 0.6 is 0 Å². The second-order valence-corrected chi connectivity index (χ2v) is 4.86. The van der Waals surface area contributed by atoms with E-state index in [0.29, 0.717) is 18.9 Å². The molecule has 0 aromatic carbocycles. The van der Waals surface area contributed by atoms with Crippen molar-refractivity contribution in [3.63, 3.8) is 0 Å². The van der Waals surface area contributed by atoms with Crippen molar-refractivity contribution in [1.29, 1.82) is 5.26 Å². The van der Waals surface area contributed by atoms with Crippen LogP contribution in [0, 0.1) is 17.2 Å². The second kappa shape index (κ2) is 6.15. The summed E-state index contributed by atoms with van der Waals surface area (Å²) >= 11 is 0. The van der Waals surface area contributed by atoms with Gasteiger partial charge in [0.05, 0.1) is 30.9 Å². The molecule has 3 atom stereocenters. The maximum Gasteiger partial charge on any atom is 0.0719 e. The first-order valence-electron chi connectivity index (χ1n) is 6.43. The van der Waals surface area contributed by atoms with Gasteiger partial charge in [0.2, 0.25) is 0 Å². The summed E-state index contributed by atoms with van der Waals surface area (Å²) in [6, 6.07) is 2.33. The van der Waals surface area contributed by atoms with E-state index in [1.807, 2.05) is 0 Å². The highest BCUT2D eigenvalue weighted by Gasteiger charge is 2.31. The Hall–Kier alpha value is -0.890. The molecule has 1 N–H and O–H groups in total. The first-order chi connectivity index (χ1) is 8.33. The number of rotatable bonds is 4. The Morgan fingerprint density at radius 3 is 3.00 bits per heavy atom. The fourth-order valence-electron chi connectivity index (χ4n) is 2.64. The molecule has 2 aliphatic heterocycles. The molecule has 17 heavy (non-hydrogen) atoms. The predicted molar refractivity (Wildman–Crippen MR) is 66.3 cm³/mol. The molecule has 0 saturated carbocycles. The number of hydrogen-bond donors (Lipinski definition) is 1. The fraction of sp³-hybridized carbons (Fsp3) is 0.769. The average molecular weight is 235 g/mol. The van der Waals surface area contributed by atoms with E-state index in [4.69, 9.17) is 10.00 Å². The summed E-state index contributed by atoms with van der Waals surface area (Å²) in [6.07, 6.45) is 5.79. The highest BCUT2D eigenvalue weighted by atomic mass is 16.5. The van der Waals surface area contributed by atoms with Crippen LogP contribution in [0.5, 0.6) is 0 Å². The van der Waals surface area contributed by atoms with Crippen LogP contribution in [0.25, 0.3) is 0 Å². The zero-order valence-electron chi connectivity index (χ0n) is 10.3. The lowest BCUT2D eigenvalue weighted by atomic mass is 9.99. The lowest BCUT2D eigenvalue weighted by molar-refractivity contribution is 0.0675. The molecule has 4 heteroatoms. The molecule has 2 aliphatic rings. The molecular formula is C13H21N3O. The molecule has 0 amide bonds. The number of nitrogens with zero attached hydrogens (tertiary/aromatic N) is 2. The molecular weight excluding hydrogens is 214 g/mol. The topological polar surface area (TPSA) is 48.3 Å². The third-order valence-electron chi connectivity index (χ3n) is 3.64. The predicted octanol–water partition coefficient (Wildman–Crippen LogP) is 1.11. The Balaban J connectivity index is 1.74. The van der Waals surface area contributed by atoms with E-state index < -0.39 is 0 Å². The first kappa shape index (κ1) is 12.6. The number of hydrogen-bond acceptors (Lipinski definition) is 4. The van der Waals surface area contributed by atoms with Crippen LogP contribution in [0.2, 0.25) is 0 Å². The van der Waals surface area contributed by atoms with Gasteiger partial charge in [-0.05, 0) is 19.3 Å². The quantitative estimate of drug-likeness (QED) is 0.742. The SMILES string of the molecule is C=CCO[C@@H]1CCN(C2CCC(C#N)CN2)C1. The van der Waals surface area contributed by atoms with Gasteiger partial charge in [0.25, 0.3) is 0 Å². The maximum absolute atomic E-state index is 8.85. The fourth-order valence-corrected chi connectivity index (χ4v) is 2.64. The molecule has 2 unspecified atom stereocenters. The molecule has 2 heterocycles. The van der Waals surface area contributed by atoms with E-state index in [1.165, 1.54) is 0 Å². The van der Waals surface area contributed by atoms with E-state index in [1.54, 1.807) is 6.08 Å². The summed E-state index contributed by atoms with van der Waals surface area (Å²) in [6.45, 7) is 7.24. The molecule has 0 spiro atoms. The Morgan fingerprint density at radius 2 is 2.35 bits per heavy atom. The Morgan fingerprint density at radius 1 is 1.47 bits per heavy atom. The summed E-state index contributed by atoms with van der Waals surface area (Å²) < 4.78 is 5.68. The van der Waals surface area contributed by atoms with Gasteiger partial charge in [-0.15, -0.1) is 6.58 Å². The lowest BCUT2D eigenvalue weighted by Crippen LogP contribution is -2.49. The van der Waals surface area contributed by atoms with Crippen molar-refractivity contribution in [3.8, 4) is 6.07 Å². The van der Waals surface area contributed by atoms with Gasteiger partial charge in [0.15, 0.2) is 0 Å². The highest BCUT2D eigenvalue weighted by Crippen LogP contribution is 2.21. The lowest BCUT2D eigenvalue weighted by Gasteiger charge is -2.33. The van der Waals surface area contributed by atoms with E-state index in [9.17, 15) is 0 Å². The number of likely N-dealkylation sites (tertiary alicyclic amines) is 1. The monoisotopic (exact) mass is 235 g/mol. The zero-order valence-corrected chi connectivity index (χ0v) is 10.3. The first-order valence-corrected chi connectivity index (χ1v) is 6.43. The van der Waals surface area contributed by atoms with Gasteiger partial charge < -0.3 is 10.1 Å². The number of nitrogens with one attached hydrogen (secondary N) is 1. The van der Waals surface area contributed by atoms with Crippen LogP contribution in [0.1, 0.15) is 19.3 Å². The summed E-state index contributed by atoms with van der Waals surface area (Å²) in [5.41, 5.74) is 0. The molecule has 94 valence electrons.